The topological polar surface area (TPSA) is 75.2 Å². The summed E-state index contributed by atoms with van der Waals surface area (Å²) in [6, 6.07) is 5.38. The minimum atomic E-state index is -0.459. The van der Waals surface area contributed by atoms with Crippen LogP contribution >= 0.6 is 11.5 Å². The lowest BCUT2D eigenvalue weighted by molar-refractivity contribution is -0.121. The number of benzene rings is 1. The predicted octanol–water partition coefficient (Wildman–Crippen LogP) is 2.63. The van der Waals surface area contributed by atoms with Crippen LogP contribution in [0, 0.1) is 5.82 Å². The second kappa shape index (κ2) is 7.48. The molecule has 0 aliphatic carbocycles. The van der Waals surface area contributed by atoms with E-state index in [1.165, 1.54) is 34.5 Å². The van der Waals surface area contributed by atoms with Crippen molar-refractivity contribution in [1.82, 2.24) is 14.9 Å². The number of amides is 2. The first-order valence-corrected chi connectivity index (χ1v) is 8.31. The Labute approximate surface area is 143 Å². The highest BCUT2D eigenvalue weighted by Gasteiger charge is 2.25. The Morgan fingerprint density at radius 3 is 2.50 bits per heavy atom. The van der Waals surface area contributed by atoms with Gasteiger partial charge in [0.2, 0.25) is 5.91 Å². The molecule has 1 aromatic carbocycles. The average Bonchev–Trinajstić information content (AvgIpc) is 3.07. The van der Waals surface area contributed by atoms with Crippen LogP contribution in [0.1, 0.15) is 37.7 Å². The summed E-state index contributed by atoms with van der Waals surface area (Å²) in [5.41, 5.74) is 0.183. The number of carbonyl (C=O) groups is 2. The van der Waals surface area contributed by atoms with Gasteiger partial charge in [-0.25, -0.2) is 4.39 Å². The van der Waals surface area contributed by atoms with Gasteiger partial charge in [0.1, 0.15) is 12.4 Å². The van der Waals surface area contributed by atoms with Crippen LogP contribution in [-0.2, 0) is 4.79 Å². The van der Waals surface area contributed by atoms with Crippen LogP contribution in [0.25, 0.3) is 0 Å². The number of carbonyl (C=O) groups excluding carboxylic acids is 2. The Kier molecular flexibility index (Phi) is 5.61. The van der Waals surface area contributed by atoms with E-state index < -0.39 is 11.7 Å². The molecule has 1 aromatic heterocycles. The molecule has 1 N–H and O–H groups in total. The molecule has 1 heterocycles. The Morgan fingerprint density at radius 1 is 1.29 bits per heavy atom. The maximum atomic E-state index is 13.2. The van der Waals surface area contributed by atoms with Crippen molar-refractivity contribution in [1.29, 1.82) is 0 Å². The quantitative estimate of drug-likeness (QED) is 0.869. The first-order chi connectivity index (χ1) is 11.3. The number of nitrogens with zero attached hydrogens (tertiary/aromatic N) is 3. The van der Waals surface area contributed by atoms with Crippen LogP contribution in [0.2, 0.25) is 0 Å². The van der Waals surface area contributed by atoms with Gasteiger partial charge in [0.25, 0.3) is 5.91 Å². The fraction of sp³-hybridized carbons (Fsp3) is 0.375. The van der Waals surface area contributed by atoms with Gasteiger partial charge < -0.3 is 5.32 Å². The zero-order valence-electron chi connectivity index (χ0n) is 13.7. The van der Waals surface area contributed by atoms with E-state index in [1.54, 1.807) is 0 Å². The number of anilines is 1. The lowest BCUT2D eigenvalue weighted by atomic mass is 10.0. The van der Waals surface area contributed by atoms with Gasteiger partial charge in [0, 0.05) is 16.6 Å². The molecule has 128 valence electrons. The maximum absolute atomic E-state index is 13.2. The van der Waals surface area contributed by atoms with E-state index in [2.05, 4.69) is 14.9 Å². The highest BCUT2D eigenvalue weighted by molar-refractivity contribution is 7.03. The molecule has 0 spiro atoms. The van der Waals surface area contributed by atoms with E-state index in [4.69, 9.17) is 0 Å². The SMILES string of the molecule is CCC(C)(C)NC(=O)CN(C(=O)c1csnn1)c1ccc(F)cc1. The molecule has 8 heteroatoms. The van der Waals surface area contributed by atoms with Crippen LogP contribution in [-0.4, -0.2) is 33.5 Å². The molecule has 0 fully saturated rings. The lowest BCUT2D eigenvalue weighted by Gasteiger charge is -2.27. The molecule has 0 radical (unpaired) electrons. The molecule has 0 saturated heterocycles. The van der Waals surface area contributed by atoms with Gasteiger partial charge in [-0.15, -0.1) is 5.10 Å². The fourth-order valence-corrected chi connectivity index (χ4v) is 2.38. The molecular formula is C16H19FN4O2S. The van der Waals surface area contributed by atoms with Crippen LogP contribution < -0.4 is 10.2 Å². The first-order valence-electron chi connectivity index (χ1n) is 7.48. The standard InChI is InChI=1S/C16H19FN4O2S/c1-4-16(2,3)18-14(22)9-21(12-7-5-11(17)6-8-12)15(23)13-10-24-20-19-13/h5-8,10H,4,9H2,1-3H3,(H,18,22). The molecule has 0 aliphatic rings. The summed E-state index contributed by atoms with van der Waals surface area (Å²) in [7, 11) is 0. The number of hydrogen-bond donors (Lipinski definition) is 1. The first kappa shape index (κ1) is 18.0. The Hall–Kier alpha value is -2.35. The smallest absolute Gasteiger partial charge is 0.280 e. The van der Waals surface area contributed by atoms with Crippen molar-refractivity contribution in [2.24, 2.45) is 0 Å². The van der Waals surface area contributed by atoms with E-state index in [0.717, 1.165) is 18.0 Å². The van der Waals surface area contributed by atoms with Gasteiger partial charge in [0.05, 0.1) is 0 Å². The predicted molar refractivity (Wildman–Crippen MR) is 90.5 cm³/mol. The van der Waals surface area contributed by atoms with Crippen LogP contribution in [0.4, 0.5) is 10.1 Å². The lowest BCUT2D eigenvalue weighted by Crippen LogP contribution is -2.48. The van der Waals surface area contributed by atoms with Crippen molar-refractivity contribution in [3.63, 3.8) is 0 Å². The van der Waals surface area contributed by atoms with Gasteiger partial charge in [0.15, 0.2) is 5.69 Å². The van der Waals surface area contributed by atoms with Crippen molar-refractivity contribution < 1.29 is 14.0 Å². The summed E-state index contributed by atoms with van der Waals surface area (Å²) in [5.74, 6) is -1.18. The summed E-state index contributed by atoms with van der Waals surface area (Å²) in [5, 5.41) is 8.13. The summed E-state index contributed by atoms with van der Waals surface area (Å²) in [4.78, 5) is 26.2. The molecule has 0 unspecified atom stereocenters. The highest BCUT2D eigenvalue weighted by atomic mass is 32.1. The molecule has 2 rings (SSSR count). The van der Waals surface area contributed by atoms with Gasteiger partial charge >= 0.3 is 0 Å². The number of hydrogen-bond acceptors (Lipinski definition) is 5. The number of nitrogens with one attached hydrogen (secondary N) is 1. The van der Waals surface area contributed by atoms with E-state index in [0.29, 0.717) is 5.69 Å². The van der Waals surface area contributed by atoms with E-state index in [-0.39, 0.29) is 23.7 Å². The van der Waals surface area contributed by atoms with Gasteiger partial charge in [-0.05, 0) is 56.1 Å². The summed E-state index contributed by atoms with van der Waals surface area (Å²) in [6.07, 6.45) is 0.749. The van der Waals surface area contributed by atoms with Crippen molar-refractivity contribution in [2.75, 3.05) is 11.4 Å². The van der Waals surface area contributed by atoms with Crippen LogP contribution in [0.15, 0.2) is 29.6 Å². The monoisotopic (exact) mass is 350 g/mol. The Morgan fingerprint density at radius 2 is 1.96 bits per heavy atom. The Bertz CT molecular complexity index is 701. The summed E-state index contributed by atoms with van der Waals surface area (Å²) < 4.78 is 16.8. The molecular weight excluding hydrogens is 331 g/mol. The third-order valence-electron chi connectivity index (χ3n) is 3.63. The molecule has 2 aromatic rings. The summed E-state index contributed by atoms with van der Waals surface area (Å²) in [6.45, 7) is 5.58. The molecule has 0 bridgehead atoms. The Balaban J connectivity index is 2.24. The minimum absolute atomic E-state index is 0.145. The highest BCUT2D eigenvalue weighted by Crippen LogP contribution is 2.18. The zero-order valence-corrected chi connectivity index (χ0v) is 14.6. The van der Waals surface area contributed by atoms with Gasteiger partial charge in [-0.1, -0.05) is 11.4 Å². The molecule has 24 heavy (non-hydrogen) atoms. The van der Waals surface area contributed by atoms with Crippen molar-refractivity contribution in [2.45, 2.75) is 32.7 Å². The number of halogens is 1. The average molecular weight is 350 g/mol. The van der Waals surface area contributed by atoms with E-state index in [1.807, 2.05) is 20.8 Å². The van der Waals surface area contributed by atoms with E-state index in [9.17, 15) is 14.0 Å². The molecule has 2 amide bonds. The van der Waals surface area contributed by atoms with Gasteiger partial charge in [-0.2, -0.15) is 0 Å². The minimum Gasteiger partial charge on any atom is -0.350 e. The van der Waals surface area contributed by atoms with E-state index >= 15 is 0 Å². The maximum Gasteiger partial charge on any atom is 0.280 e. The van der Waals surface area contributed by atoms with Crippen molar-refractivity contribution in [3.8, 4) is 0 Å². The normalized spacial score (nSPS) is 11.2. The largest absolute Gasteiger partial charge is 0.350 e. The second-order valence-electron chi connectivity index (χ2n) is 5.94. The molecule has 0 aliphatic heterocycles. The van der Waals surface area contributed by atoms with Gasteiger partial charge in [-0.3, -0.25) is 14.5 Å². The number of aromatic nitrogens is 2. The summed E-state index contributed by atoms with van der Waals surface area (Å²) >= 11 is 1.05. The van der Waals surface area contributed by atoms with Crippen molar-refractivity contribution in [3.05, 3.63) is 41.2 Å². The van der Waals surface area contributed by atoms with Crippen LogP contribution in [0.5, 0.6) is 0 Å². The zero-order chi connectivity index (χ0) is 17.7. The second-order valence-corrected chi connectivity index (χ2v) is 6.55. The number of rotatable bonds is 6. The van der Waals surface area contributed by atoms with Crippen LogP contribution in [0.3, 0.4) is 0 Å². The molecule has 0 atom stereocenters. The molecule has 6 nitrogen and oxygen atoms in total. The third-order valence-corrected chi connectivity index (χ3v) is 4.13. The third kappa shape index (κ3) is 4.58. The van der Waals surface area contributed by atoms with Crippen molar-refractivity contribution >= 4 is 29.0 Å². The fourth-order valence-electron chi connectivity index (χ4n) is 1.95. The molecule has 0 saturated carbocycles.